The summed E-state index contributed by atoms with van der Waals surface area (Å²) in [6, 6.07) is 8.48. The molecule has 2 aliphatic heterocycles. The predicted octanol–water partition coefficient (Wildman–Crippen LogP) is 2.96. The fourth-order valence-corrected chi connectivity index (χ4v) is 4.22. The molecule has 164 valence electrons. The molecule has 1 atom stereocenters. The molecule has 7 heteroatoms. The highest BCUT2D eigenvalue weighted by Crippen LogP contribution is 2.40. The molecule has 2 saturated heterocycles. The fraction of sp³-hybridized carbons (Fsp3) is 0.417. The lowest BCUT2D eigenvalue weighted by atomic mass is 9.96. The van der Waals surface area contributed by atoms with Crippen molar-refractivity contribution >= 4 is 17.4 Å². The third-order valence-corrected chi connectivity index (χ3v) is 5.98. The maximum absolute atomic E-state index is 13.1. The summed E-state index contributed by atoms with van der Waals surface area (Å²) in [4.78, 5) is 29.8. The van der Waals surface area contributed by atoms with E-state index in [2.05, 4.69) is 4.90 Å². The molecule has 0 saturated carbocycles. The van der Waals surface area contributed by atoms with Crippen molar-refractivity contribution in [2.24, 2.45) is 0 Å². The number of amides is 1. The molecule has 0 aliphatic carbocycles. The van der Waals surface area contributed by atoms with Gasteiger partial charge in [0.05, 0.1) is 18.8 Å². The number of morpholine rings is 1. The number of hydrogen-bond acceptors (Lipinski definition) is 6. The van der Waals surface area contributed by atoms with Crippen molar-refractivity contribution in [1.82, 2.24) is 9.80 Å². The number of carbonyl (C=O) groups is 2. The molecule has 4 rings (SSSR count). The predicted molar refractivity (Wildman–Crippen MR) is 116 cm³/mol. The molecule has 1 aromatic heterocycles. The maximum Gasteiger partial charge on any atom is 0.295 e. The summed E-state index contributed by atoms with van der Waals surface area (Å²) in [5, 5.41) is 11.2. The van der Waals surface area contributed by atoms with E-state index in [1.807, 2.05) is 39.0 Å². The van der Waals surface area contributed by atoms with Gasteiger partial charge in [-0.15, -0.1) is 0 Å². The molecule has 1 N–H and O–H groups in total. The maximum atomic E-state index is 13.1. The topological polar surface area (TPSA) is 83.2 Å². The van der Waals surface area contributed by atoms with E-state index in [0.29, 0.717) is 43.4 Å². The van der Waals surface area contributed by atoms with E-state index in [1.54, 1.807) is 12.1 Å². The molecule has 0 radical (unpaired) electrons. The van der Waals surface area contributed by atoms with Crippen LogP contribution in [0.25, 0.3) is 5.76 Å². The summed E-state index contributed by atoms with van der Waals surface area (Å²) >= 11 is 0. The number of carbonyl (C=O) groups excluding carboxylic acids is 2. The zero-order chi connectivity index (χ0) is 22.1. The highest BCUT2D eigenvalue weighted by molar-refractivity contribution is 6.46. The van der Waals surface area contributed by atoms with Gasteiger partial charge in [0.2, 0.25) is 0 Å². The molecule has 0 bridgehead atoms. The number of likely N-dealkylation sites (tertiary alicyclic amines) is 1. The molecule has 2 aromatic rings. The van der Waals surface area contributed by atoms with Crippen LogP contribution in [0.2, 0.25) is 0 Å². The van der Waals surface area contributed by atoms with Gasteiger partial charge in [0, 0.05) is 31.7 Å². The van der Waals surface area contributed by atoms with Crippen molar-refractivity contribution in [2.45, 2.75) is 26.8 Å². The van der Waals surface area contributed by atoms with Crippen LogP contribution in [0.15, 0.2) is 40.3 Å². The minimum Gasteiger partial charge on any atom is -0.507 e. The number of nitrogens with zero attached hydrogens (tertiary/aromatic N) is 2. The van der Waals surface area contributed by atoms with Crippen molar-refractivity contribution < 1.29 is 23.8 Å². The number of aliphatic hydroxyl groups excluding tert-OH is 1. The van der Waals surface area contributed by atoms with Gasteiger partial charge in [-0.05, 0) is 44.5 Å². The number of rotatable bonds is 5. The zero-order valence-corrected chi connectivity index (χ0v) is 18.2. The van der Waals surface area contributed by atoms with E-state index < -0.39 is 17.7 Å². The SMILES string of the molecule is Cc1ccc(C)c(C(O)=C2C(=O)C(=O)N(CCN3CCOCC3)[C@H]2c2ccc(C)o2)c1. The summed E-state index contributed by atoms with van der Waals surface area (Å²) in [5.41, 5.74) is 2.42. The second-order valence-corrected chi connectivity index (χ2v) is 8.21. The number of furan rings is 1. The highest BCUT2D eigenvalue weighted by Gasteiger charge is 2.47. The Bertz CT molecular complexity index is 1030. The van der Waals surface area contributed by atoms with Crippen LogP contribution in [0, 0.1) is 20.8 Å². The number of aryl methyl sites for hydroxylation is 3. The van der Waals surface area contributed by atoms with E-state index in [0.717, 1.165) is 24.2 Å². The van der Waals surface area contributed by atoms with Crippen molar-refractivity contribution in [3.63, 3.8) is 0 Å². The van der Waals surface area contributed by atoms with Crippen LogP contribution in [-0.2, 0) is 14.3 Å². The number of benzene rings is 1. The Morgan fingerprint density at radius 3 is 2.48 bits per heavy atom. The molecule has 3 heterocycles. The van der Waals surface area contributed by atoms with E-state index >= 15 is 0 Å². The minimum absolute atomic E-state index is 0.0787. The highest BCUT2D eigenvalue weighted by atomic mass is 16.5. The Labute approximate surface area is 181 Å². The normalized spacial score (nSPS) is 21.8. The van der Waals surface area contributed by atoms with Crippen LogP contribution in [-0.4, -0.2) is 66.0 Å². The van der Waals surface area contributed by atoms with Crippen LogP contribution in [0.4, 0.5) is 0 Å². The minimum atomic E-state index is -0.755. The lowest BCUT2D eigenvalue weighted by Gasteiger charge is -2.30. The van der Waals surface area contributed by atoms with Crippen LogP contribution in [0.1, 0.15) is 34.3 Å². The van der Waals surface area contributed by atoms with E-state index in [1.165, 1.54) is 4.90 Å². The Morgan fingerprint density at radius 2 is 1.81 bits per heavy atom. The first kappa shape index (κ1) is 21.3. The number of ketones is 1. The van der Waals surface area contributed by atoms with Gasteiger partial charge in [-0.2, -0.15) is 0 Å². The molecular weight excluding hydrogens is 396 g/mol. The van der Waals surface area contributed by atoms with Crippen LogP contribution < -0.4 is 0 Å². The third kappa shape index (κ3) is 4.16. The van der Waals surface area contributed by atoms with Crippen molar-refractivity contribution in [3.05, 3.63) is 64.1 Å². The first-order valence-corrected chi connectivity index (χ1v) is 10.6. The number of Topliss-reactive ketones (excluding diaryl/α,β-unsaturated/α-hetero) is 1. The molecule has 1 amide bonds. The Hall–Kier alpha value is -2.90. The lowest BCUT2D eigenvalue weighted by molar-refractivity contribution is -0.140. The van der Waals surface area contributed by atoms with Gasteiger partial charge < -0.3 is 19.2 Å². The van der Waals surface area contributed by atoms with Crippen LogP contribution in [0.3, 0.4) is 0 Å². The van der Waals surface area contributed by atoms with Gasteiger partial charge in [0.15, 0.2) is 0 Å². The molecule has 31 heavy (non-hydrogen) atoms. The number of ether oxygens (including phenoxy) is 1. The average Bonchev–Trinajstić information content (AvgIpc) is 3.30. The molecule has 2 fully saturated rings. The van der Waals surface area contributed by atoms with Gasteiger partial charge in [0.25, 0.3) is 11.7 Å². The first-order valence-electron chi connectivity index (χ1n) is 10.6. The van der Waals surface area contributed by atoms with Gasteiger partial charge in [-0.25, -0.2) is 0 Å². The average molecular weight is 424 g/mol. The Morgan fingerprint density at radius 1 is 1.06 bits per heavy atom. The summed E-state index contributed by atoms with van der Waals surface area (Å²) in [5.74, 6) is -0.294. The standard InChI is InChI=1S/C24H28N2O5/c1-15-4-5-16(2)18(14-15)22(27)20-21(19-7-6-17(3)31-19)26(24(29)23(20)28)9-8-25-10-12-30-13-11-25/h4-7,14,21,27H,8-13H2,1-3H3/t21-/m0/s1. The molecule has 0 unspecified atom stereocenters. The second kappa shape index (κ2) is 8.69. The fourth-order valence-electron chi connectivity index (χ4n) is 4.22. The van der Waals surface area contributed by atoms with Crippen molar-refractivity contribution in [3.8, 4) is 0 Å². The van der Waals surface area contributed by atoms with Gasteiger partial charge in [-0.1, -0.05) is 17.7 Å². The molecule has 1 aromatic carbocycles. The quantitative estimate of drug-likeness (QED) is 0.451. The van der Waals surface area contributed by atoms with E-state index in [9.17, 15) is 14.7 Å². The summed E-state index contributed by atoms with van der Waals surface area (Å²) < 4.78 is 11.2. The van der Waals surface area contributed by atoms with E-state index in [-0.39, 0.29) is 11.3 Å². The van der Waals surface area contributed by atoms with Crippen LogP contribution in [0.5, 0.6) is 0 Å². The first-order chi connectivity index (χ1) is 14.9. The van der Waals surface area contributed by atoms with Gasteiger partial charge in [0.1, 0.15) is 23.3 Å². The molecule has 0 spiro atoms. The summed E-state index contributed by atoms with van der Waals surface area (Å²) in [6.45, 7) is 9.48. The summed E-state index contributed by atoms with van der Waals surface area (Å²) in [6.07, 6.45) is 0. The van der Waals surface area contributed by atoms with Gasteiger partial charge in [-0.3, -0.25) is 14.5 Å². The summed E-state index contributed by atoms with van der Waals surface area (Å²) in [7, 11) is 0. The smallest absolute Gasteiger partial charge is 0.295 e. The number of hydrogen-bond donors (Lipinski definition) is 1. The Balaban J connectivity index is 1.75. The largest absolute Gasteiger partial charge is 0.507 e. The molecule has 7 nitrogen and oxygen atoms in total. The monoisotopic (exact) mass is 424 g/mol. The third-order valence-electron chi connectivity index (χ3n) is 5.98. The second-order valence-electron chi connectivity index (χ2n) is 8.21. The molecular formula is C24H28N2O5. The van der Waals surface area contributed by atoms with E-state index in [4.69, 9.17) is 9.15 Å². The van der Waals surface area contributed by atoms with Crippen LogP contribution >= 0.6 is 0 Å². The Kier molecular flexibility index (Phi) is 5.98. The zero-order valence-electron chi connectivity index (χ0n) is 18.2. The lowest BCUT2D eigenvalue weighted by Crippen LogP contribution is -2.42. The van der Waals surface area contributed by atoms with Gasteiger partial charge >= 0.3 is 0 Å². The number of aliphatic hydroxyl groups is 1. The molecule has 2 aliphatic rings. The van der Waals surface area contributed by atoms with Crippen molar-refractivity contribution in [1.29, 1.82) is 0 Å². The van der Waals surface area contributed by atoms with Crippen molar-refractivity contribution in [2.75, 3.05) is 39.4 Å².